The molecule has 0 saturated carbocycles. The maximum Gasteiger partial charge on any atom is 0.123 e. The Labute approximate surface area is 107 Å². The SMILES string of the molecule is OC(CCc1ccccc1)Cc1ccc(F)cc1. The Morgan fingerprint density at radius 2 is 1.56 bits per heavy atom. The van der Waals surface area contributed by atoms with E-state index >= 15 is 0 Å². The number of hydrogen-bond acceptors (Lipinski definition) is 1. The van der Waals surface area contributed by atoms with Crippen LogP contribution in [-0.2, 0) is 12.8 Å². The van der Waals surface area contributed by atoms with Gasteiger partial charge in [0.2, 0.25) is 0 Å². The molecule has 0 amide bonds. The van der Waals surface area contributed by atoms with E-state index < -0.39 is 0 Å². The number of aliphatic hydroxyl groups is 1. The van der Waals surface area contributed by atoms with Gasteiger partial charge in [0.15, 0.2) is 0 Å². The van der Waals surface area contributed by atoms with Crippen LogP contribution >= 0.6 is 0 Å². The fourth-order valence-electron chi connectivity index (χ4n) is 1.97. The first-order valence-electron chi connectivity index (χ1n) is 6.20. The Hall–Kier alpha value is -1.67. The molecule has 0 bridgehead atoms. The van der Waals surface area contributed by atoms with Gasteiger partial charge >= 0.3 is 0 Å². The van der Waals surface area contributed by atoms with Crippen molar-refractivity contribution in [3.05, 3.63) is 71.5 Å². The van der Waals surface area contributed by atoms with Gasteiger partial charge in [-0.1, -0.05) is 42.5 Å². The summed E-state index contributed by atoms with van der Waals surface area (Å²) in [7, 11) is 0. The Balaban J connectivity index is 1.82. The summed E-state index contributed by atoms with van der Waals surface area (Å²) in [4.78, 5) is 0. The van der Waals surface area contributed by atoms with E-state index in [2.05, 4.69) is 12.1 Å². The van der Waals surface area contributed by atoms with Gasteiger partial charge in [0.1, 0.15) is 5.82 Å². The molecule has 0 aromatic heterocycles. The smallest absolute Gasteiger partial charge is 0.123 e. The van der Waals surface area contributed by atoms with E-state index in [1.54, 1.807) is 12.1 Å². The lowest BCUT2D eigenvalue weighted by Gasteiger charge is -2.10. The average Bonchev–Trinajstić information content (AvgIpc) is 2.40. The molecule has 0 aliphatic carbocycles. The second-order valence-electron chi connectivity index (χ2n) is 4.51. The Kier molecular flexibility index (Phi) is 4.48. The Morgan fingerprint density at radius 1 is 0.889 bits per heavy atom. The van der Waals surface area contributed by atoms with Gasteiger partial charge in [-0.2, -0.15) is 0 Å². The topological polar surface area (TPSA) is 20.2 Å². The molecule has 1 unspecified atom stereocenters. The van der Waals surface area contributed by atoms with Crippen molar-refractivity contribution in [1.29, 1.82) is 0 Å². The normalized spacial score (nSPS) is 12.3. The van der Waals surface area contributed by atoms with Gasteiger partial charge in [0.05, 0.1) is 6.10 Å². The van der Waals surface area contributed by atoms with Crippen LogP contribution in [0.2, 0.25) is 0 Å². The molecule has 94 valence electrons. The molecule has 0 aliphatic rings. The monoisotopic (exact) mass is 244 g/mol. The van der Waals surface area contributed by atoms with Crippen LogP contribution in [0.15, 0.2) is 54.6 Å². The Bertz CT molecular complexity index is 464. The van der Waals surface area contributed by atoms with Gasteiger partial charge in [-0.25, -0.2) is 4.39 Å². The minimum Gasteiger partial charge on any atom is -0.393 e. The minimum absolute atomic E-state index is 0.238. The highest BCUT2D eigenvalue weighted by atomic mass is 19.1. The predicted molar refractivity (Wildman–Crippen MR) is 70.9 cm³/mol. The summed E-state index contributed by atoms with van der Waals surface area (Å²) < 4.78 is 12.7. The molecule has 1 N–H and O–H groups in total. The molecule has 0 spiro atoms. The van der Waals surface area contributed by atoms with E-state index in [0.717, 1.165) is 18.4 Å². The van der Waals surface area contributed by atoms with Crippen LogP contribution in [0.4, 0.5) is 4.39 Å². The zero-order valence-corrected chi connectivity index (χ0v) is 10.2. The first-order valence-corrected chi connectivity index (χ1v) is 6.20. The van der Waals surface area contributed by atoms with Crippen LogP contribution in [0.25, 0.3) is 0 Å². The van der Waals surface area contributed by atoms with E-state index in [1.807, 2.05) is 18.2 Å². The van der Waals surface area contributed by atoms with Crippen molar-refractivity contribution in [3.8, 4) is 0 Å². The van der Waals surface area contributed by atoms with Gasteiger partial charge in [0.25, 0.3) is 0 Å². The molecule has 2 aromatic carbocycles. The molecule has 1 nitrogen and oxygen atoms in total. The number of rotatable bonds is 5. The van der Waals surface area contributed by atoms with Crippen LogP contribution in [0.3, 0.4) is 0 Å². The molecule has 0 fully saturated rings. The standard InChI is InChI=1S/C16H17FO/c17-15-9-6-14(7-10-15)12-16(18)11-8-13-4-2-1-3-5-13/h1-7,9-10,16,18H,8,11-12H2. The van der Waals surface area contributed by atoms with Crippen molar-refractivity contribution < 1.29 is 9.50 Å². The molecule has 2 heteroatoms. The lowest BCUT2D eigenvalue weighted by atomic mass is 10.0. The average molecular weight is 244 g/mol. The van der Waals surface area contributed by atoms with Gasteiger partial charge in [-0.15, -0.1) is 0 Å². The summed E-state index contributed by atoms with van der Waals surface area (Å²) >= 11 is 0. The molecule has 18 heavy (non-hydrogen) atoms. The van der Waals surface area contributed by atoms with Crippen LogP contribution in [0.5, 0.6) is 0 Å². The first kappa shape index (κ1) is 12.8. The first-order chi connectivity index (χ1) is 8.74. The summed E-state index contributed by atoms with van der Waals surface area (Å²) in [5.74, 6) is -0.238. The number of benzene rings is 2. The molecule has 0 saturated heterocycles. The summed E-state index contributed by atoms with van der Waals surface area (Å²) in [6.45, 7) is 0. The maximum absolute atomic E-state index is 12.7. The zero-order chi connectivity index (χ0) is 12.8. The fraction of sp³-hybridized carbons (Fsp3) is 0.250. The maximum atomic E-state index is 12.7. The zero-order valence-electron chi connectivity index (χ0n) is 10.2. The summed E-state index contributed by atoms with van der Waals surface area (Å²) in [5.41, 5.74) is 2.20. The summed E-state index contributed by atoms with van der Waals surface area (Å²) in [6.07, 6.45) is 1.79. The van der Waals surface area contributed by atoms with E-state index in [0.29, 0.717) is 6.42 Å². The van der Waals surface area contributed by atoms with Crippen molar-refractivity contribution in [2.24, 2.45) is 0 Å². The van der Waals surface area contributed by atoms with Crippen LogP contribution in [-0.4, -0.2) is 11.2 Å². The molecule has 0 heterocycles. The molecule has 2 rings (SSSR count). The van der Waals surface area contributed by atoms with Crippen LogP contribution < -0.4 is 0 Å². The minimum atomic E-state index is -0.379. The third-order valence-corrected chi connectivity index (χ3v) is 2.99. The number of hydrogen-bond donors (Lipinski definition) is 1. The second-order valence-corrected chi connectivity index (χ2v) is 4.51. The predicted octanol–water partition coefficient (Wildman–Crippen LogP) is 3.36. The highest BCUT2D eigenvalue weighted by molar-refractivity contribution is 5.17. The number of aryl methyl sites for hydroxylation is 1. The highest BCUT2D eigenvalue weighted by Crippen LogP contribution is 2.10. The molecule has 1 atom stereocenters. The van der Waals surface area contributed by atoms with Gasteiger partial charge in [-0.05, 0) is 42.5 Å². The molecule has 0 aliphatic heterocycles. The quantitative estimate of drug-likeness (QED) is 0.855. The van der Waals surface area contributed by atoms with Crippen molar-refractivity contribution in [2.45, 2.75) is 25.4 Å². The van der Waals surface area contributed by atoms with Gasteiger partial charge in [-0.3, -0.25) is 0 Å². The molecular weight excluding hydrogens is 227 g/mol. The Morgan fingerprint density at radius 3 is 2.22 bits per heavy atom. The van der Waals surface area contributed by atoms with Gasteiger partial charge < -0.3 is 5.11 Å². The third-order valence-electron chi connectivity index (χ3n) is 2.99. The summed E-state index contributed by atoms with van der Waals surface area (Å²) in [5, 5.41) is 9.94. The lowest BCUT2D eigenvalue weighted by Crippen LogP contribution is -2.11. The fourth-order valence-corrected chi connectivity index (χ4v) is 1.97. The van der Waals surface area contributed by atoms with Gasteiger partial charge in [0, 0.05) is 0 Å². The van der Waals surface area contributed by atoms with E-state index in [-0.39, 0.29) is 11.9 Å². The van der Waals surface area contributed by atoms with Crippen LogP contribution in [0, 0.1) is 5.82 Å². The molecular formula is C16H17FO. The van der Waals surface area contributed by atoms with Crippen molar-refractivity contribution in [2.75, 3.05) is 0 Å². The van der Waals surface area contributed by atoms with E-state index in [1.165, 1.54) is 17.7 Å². The molecule has 0 radical (unpaired) electrons. The van der Waals surface area contributed by atoms with E-state index in [4.69, 9.17) is 0 Å². The highest BCUT2D eigenvalue weighted by Gasteiger charge is 2.06. The van der Waals surface area contributed by atoms with E-state index in [9.17, 15) is 9.50 Å². The van der Waals surface area contributed by atoms with Crippen molar-refractivity contribution in [3.63, 3.8) is 0 Å². The van der Waals surface area contributed by atoms with Crippen molar-refractivity contribution >= 4 is 0 Å². The number of halogens is 1. The number of aliphatic hydroxyl groups excluding tert-OH is 1. The largest absolute Gasteiger partial charge is 0.393 e. The van der Waals surface area contributed by atoms with Crippen molar-refractivity contribution in [1.82, 2.24) is 0 Å². The molecule has 2 aromatic rings. The van der Waals surface area contributed by atoms with Crippen LogP contribution in [0.1, 0.15) is 17.5 Å². The third kappa shape index (κ3) is 3.97. The summed E-state index contributed by atoms with van der Waals surface area (Å²) in [6, 6.07) is 16.4. The lowest BCUT2D eigenvalue weighted by molar-refractivity contribution is 0.165. The second kappa shape index (κ2) is 6.31.